The molecule has 0 aromatic heterocycles. The number of methoxy groups -OCH3 is 1. The average Bonchev–Trinajstić information content (AvgIpc) is 2.93. The number of hydrogen-bond acceptors (Lipinski definition) is 3. The lowest BCUT2D eigenvalue weighted by Crippen LogP contribution is -2.40. The number of nitrogens with zero attached hydrogens (tertiary/aromatic N) is 1. The molecular weight excluding hydrogens is 382 g/mol. The zero-order valence-electron chi connectivity index (χ0n) is 17.2. The molecule has 3 nitrogen and oxygen atoms in total. The van der Waals surface area contributed by atoms with Gasteiger partial charge in [-0.1, -0.05) is 66.2 Å². The molecule has 2 bridgehead atoms. The van der Waals surface area contributed by atoms with Crippen molar-refractivity contribution in [3.05, 3.63) is 82.9 Å². The van der Waals surface area contributed by atoms with Crippen LogP contribution in [0.1, 0.15) is 30.4 Å². The van der Waals surface area contributed by atoms with Crippen molar-refractivity contribution in [1.82, 2.24) is 4.90 Å². The van der Waals surface area contributed by atoms with E-state index < -0.39 is 0 Å². The van der Waals surface area contributed by atoms with E-state index in [0.29, 0.717) is 24.4 Å². The van der Waals surface area contributed by atoms with Gasteiger partial charge in [-0.25, -0.2) is 0 Å². The third-order valence-electron chi connectivity index (χ3n) is 6.56. The van der Waals surface area contributed by atoms with E-state index in [2.05, 4.69) is 72.6 Å². The molecule has 0 saturated carbocycles. The van der Waals surface area contributed by atoms with Gasteiger partial charge in [-0.2, -0.15) is 0 Å². The molecule has 1 fully saturated rings. The van der Waals surface area contributed by atoms with Crippen LogP contribution in [0.15, 0.2) is 71.8 Å². The topological polar surface area (TPSA) is 29.5 Å². The quantitative estimate of drug-likeness (QED) is 0.503. The standard InChI is InChI=1S/C25H29NO2.ClH/c1-26-23-15-20(13-18-9-5-3-6-10-18)22(17-25(27)28-2)24(26)16-21(23)14-19-11-7-4-8-12-19;/h3-12,21,23-24H,13-17H2,1-2H3;1H. The maximum absolute atomic E-state index is 12.2. The van der Waals surface area contributed by atoms with Crippen LogP contribution in [0, 0.1) is 5.92 Å². The summed E-state index contributed by atoms with van der Waals surface area (Å²) in [6.45, 7) is 0. The van der Waals surface area contributed by atoms with Crippen LogP contribution in [0.2, 0.25) is 0 Å². The molecule has 0 N–H and O–H groups in total. The monoisotopic (exact) mass is 411 g/mol. The second-order valence-electron chi connectivity index (χ2n) is 8.18. The summed E-state index contributed by atoms with van der Waals surface area (Å²) in [7, 11) is 3.72. The number of fused-ring (bicyclic) bond motifs is 2. The number of halogens is 1. The van der Waals surface area contributed by atoms with Crippen molar-refractivity contribution in [2.24, 2.45) is 5.92 Å². The second-order valence-corrected chi connectivity index (χ2v) is 8.18. The predicted molar refractivity (Wildman–Crippen MR) is 119 cm³/mol. The summed E-state index contributed by atoms with van der Waals surface area (Å²) < 4.78 is 5.02. The molecule has 154 valence electrons. The van der Waals surface area contributed by atoms with Gasteiger partial charge >= 0.3 is 5.97 Å². The summed E-state index contributed by atoms with van der Waals surface area (Å²) in [5.41, 5.74) is 5.47. The smallest absolute Gasteiger partial charge is 0.309 e. The number of hydrogen-bond donors (Lipinski definition) is 0. The Labute approximate surface area is 180 Å². The van der Waals surface area contributed by atoms with Crippen molar-refractivity contribution in [2.75, 3.05) is 14.2 Å². The van der Waals surface area contributed by atoms with E-state index >= 15 is 0 Å². The van der Waals surface area contributed by atoms with E-state index in [1.807, 2.05) is 0 Å². The van der Waals surface area contributed by atoms with Crippen LogP contribution in [0.25, 0.3) is 0 Å². The van der Waals surface area contributed by atoms with E-state index in [1.54, 1.807) is 0 Å². The van der Waals surface area contributed by atoms with Gasteiger partial charge in [0.25, 0.3) is 0 Å². The predicted octanol–water partition coefficient (Wildman–Crippen LogP) is 4.85. The molecular formula is C25H30ClNO2. The van der Waals surface area contributed by atoms with Gasteiger partial charge in [0.15, 0.2) is 0 Å². The Balaban J connectivity index is 0.00000240. The lowest BCUT2D eigenvalue weighted by atomic mass is 9.86. The Kier molecular flexibility index (Phi) is 7.15. The van der Waals surface area contributed by atoms with Gasteiger partial charge in [0.2, 0.25) is 0 Å². The minimum Gasteiger partial charge on any atom is -0.469 e. The van der Waals surface area contributed by atoms with E-state index in [1.165, 1.54) is 29.4 Å². The fraction of sp³-hybridized carbons (Fsp3) is 0.400. The van der Waals surface area contributed by atoms with Gasteiger partial charge in [0.1, 0.15) is 0 Å². The summed E-state index contributed by atoms with van der Waals surface area (Å²) in [4.78, 5) is 14.7. The molecule has 2 aliphatic heterocycles. The van der Waals surface area contributed by atoms with Gasteiger partial charge in [-0.3, -0.25) is 9.69 Å². The first-order chi connectivity index (χ1) is 13.7. The van der Waals surface area contributed by atoms with Crippen molar-refractivity contribution < 1.29 is 9.53 Å². The Morgan fingerprint density at radius 1 is 1.03 bits per heavy atom. The molecule has 2 aromatic rings. The minimum absolute atomic E-state index is 0. The third kappa shape index (κ3) is 4.73. The van der Waals surface area contributed by atoms with Crippen LogP contribution in [0.5, 0.6) is 0 Å². The van der Waals surface area contributed by atoms with Crippen molar-refractivity contribution >= 4 is 18.4 Å². The van der Waals surface area contributed by atoms with Gasteiger partial charge in [0, 0.05) is 12.1 Å². The molecule has 0 aliphatic carbocycles. The summed E-state index contributed by atoms with van der Waals surface area (Å²) in [5.74, 6) is 0.497. The maximum Gasteiger partial charge on any atom is 0.309 e. The number of rotatable bonds is 6. The Morgan fingerprint density at radius 3 is 2.28 bits per heavy atom. The molecule has 4 heteroatoms. The lowest BCUT2D eigenvalue weighted by molar-refractivity contribution is -0.140. The number of ether oxygens (including phenoxy) is 1. The summed E-state index contributed by atoms with van der Waals surface area (Å²) >= 11 is 0. The highest BCUT2D eigenvalue weighted by Crippen LogP contribution is 2.44. The summed E-state index contributed by atoms with van der Waals surface area (Å²) in [5, 5.41) is 0. The zero-order valence-corrected chi connectivity index (χ0v) is 18.0. The Morgan fingerprint density at radius 2 is 1.66 bits per heavy atom. The van der Waals surface area contributed by atoms with Crippen molar-refractivity contribution in [1.29, 1.82) is 0 Å². The number of esters is 1. The van der Waals surface area contributed by atoms with Crippen LogP contribution < -0.4 is 0 Å². The fourth-order valence-electron chi connectivity index (χ4n) is 5.13. The molecule has 0 radical (unpaired) electrons. The van der Waals surface area contributed by atoms with E-state index in [4.69, 9.17) is 4.74 Å². The van der Waals surface area contributed by atoms with Gasteiger partial charge < -0.3 is 4.74 Å². The molecule has 3 atom stereocenters. The van der Waals surface area contributed by atoms with Crippen LogP contribution in [-0.2, 0) is 22.4 Å². The van der Waals surface area contributed by atoms with Gasteiger partial charge in [0.05, 0.1) is 13.5 Å². The third-order valence-corrected chi connectivity index (χ3v) is 6.56. The number of carbonyl (C=O) groups is 1. The van der Waals surface area contributed by atoms with Crippen molar-refractivity contribution in [3.63, 3.8) is 0 Å². The zero-order chi connectivity index (χ0) is 19.5. The van der Waals surface area contributed by atoms with Crippen molar-refractivity contribution in [3.8, 4) is 0 Å². The Hall–Kier alpha value is -2.10. The van der Waals surface area contributed by atoms with Gasteiger partial charge in [-0.15, -0.1) is 12.4 Å². The molecule has 0 amide bonds. The first-order valence-corrected chi connectivity index (χ1v) is 10.2. The molecule has 2 aliphatic rings. The van der Waals surface area contributed by atoms with E-state index in [9.17, 15) is 4.79 Å². The van der Waals surface area contributed by atoms with Gasteiger partial charge in [-0.05, 0) is 55.3 Å². The average molecular weight is 412 g/mol. The molecule has 4 rings (SSSR count). The van der Waals surface area contributed by atoms with Crippen LogP contribution in [0.3, 0.4) is 0 Å². The SMILES string of the molecule is COC(=O)CC1=C(Cc2ccccc2)CC2C(Cc3ccccc3)CC1N2C.Cl. The molecule has 29 heavy (non-hydrogen) atoms. The summed E-state index contributed by atoms with van der Waals surface area (Å²) in [6, 6.07) is 22.3. The Bertz CT molecular complexity index is 850. The first kappa shape index (κ1) is 21.6. The van der Waals surface area contributed by atoms with Crippen LogP contribution in [-0.4, -0.2) is 37.1 Å². The van der Waals surface area contributed by atoms with Crippen LogP contribution >= 0.6 is 12.4 Å². The highest BCUT2D eigenvalue weighted by Gasteiger charge is 2.45. The maximum atomic E-state index is 12.2. The highest BCUT2D eigenvalue weighted by atomic mass is 35.5. The largest absolute Gasteiger partial charge is 0.469 e. The van der Waals surface area contributed by atoms with Crippen LogP contribution in [0.4, 0.5) is 0 Å². The molecule has 2 heterocycles. The number of benzene rings is 2. The molecule has 1 saturated heterocycles. The summed E-state index contributed by atoms with van der Waals surface area (Å²) in [6.07, 6.45) is 4.63. The van der Waals surface area contributed by atoms with Crippen molar-refractivity contribution in [2.45, 2.75) is 44.2 Å². The molecule has 2 aromatic carbocycles. The second kappa shape index (κ2) is 9.60. The lowest BCUT2D eigenvalue weighted by Gasteiger charge is -2.36. The van der Waals surface area contributed by atoms with E-state index in [0.717, 1.165) is 25.7 Å². The number of likely N-dealkylation sites (N-methyl/N-ethyl adjacent to an activating group) is 1. The van der Waals surface area contributed by atoms with E-state index in [-0.39, 0.29) is 18.4 Å². The fourth-order valence-corrected chi connectivity index (χ4v) is 5.13. The first-order valence-electron chi connectivity index (χ1n) is 10.2. The minimum atomic E-state index is -0.126. The highest BCUT2D eigenvalue weighted by molar-refractivity contribution is 5.85. The molecule has 3 unspecified atom stereocenters. The molecule has 0 spiro atoms. The number of carbonyl (C=O) groups excluding carboxylic acids is 1. The normalized spacial score (nSPS) is 23.6.